The molecule has 0 unspecified atom stereocenters. The Labute approximate surface area is 151 Å². The minimum Gasteiger partial charge on any atom is -0.338 e. The van der Waals surface area contributed by atoms with Crippen LogP contribution in [0.5, 0.6) is 0 Å². The van der Waals surface area contributed by atoms with Gasteiger partial charge in [0.05, 0.1) is 12.2 Å². The first-order valence-electron chi connectivity index (χ1n) is 8.21. The highest BCUT2D eigenvalue weighted by Crippen LogP contribution is 2.15. The van der Waals surface area contributed by atoms with Gasteiger partial charge in [-0.2, -0.15) is 0 Å². The lowest BCUT2D eigenvalue weighted by molar-refractivity contribution is -0.120. The molecule has 1 aliphatic rings. The fraction of sp³-hybridized carbons (Fsp3) is 0.150. The summed E-state index contributed by atoms with van der Waals surface area (Å²) in [5.74, 6) is 5.30. The van der Waals surface area contributed by atoms with Crippen molar-refractivity contribution in [2.24, 2.45) is 4.99 Å². The van der Waals surface area contributed by atoms with Crippen LogP contribution in [0.3, 0.4) is 0 Å². The molecular weight excluding hydrogens is 328 g/mol. The highest BCUT2D eigenvalue weighted by Gasteiger charge is 2.30. The van der Waals surface area contributed by atoms with Gasteiger partial charge in [0.2, 0.25) is 5.84 Å². The molecule has 2 N–H and O–H groups in total. The number of benzene rings is 2. The maximum Gasteiger partial charge on any atom is 0.288 e. The van der Waals surface area contributed by atoms with Gasteiger partial charge >= 0.3 is 0 Å². The standard InChI is InChI=1S/C20H18N4O2/c1-15-20(26)24(17-12-6-3-7-13-17)23-18(22-15)19(25)21-14-8-11-16-9-4-2-5-10-16/h2-7,9-10,12-13,15H,14H2,1H3,(H,21,25)(H,22,23)/t15-/m0/s1. The normalized spacial score (nSPS) is 16.0. The van der Waals surface area contributed by atoms with Gasteiger partial charge in [0.25, 0.3) is 11.8 Å². The van der Waals surface area contributed by atoms with E-state index in [1.54, 1.807) is 19.1 Å². The zero-order valence-electron chi connectivity index (χ0n) is 14.3. The zero-order chi connectivity index (χ0) is 18.4. The van der Waals surface area contributed by atoms with Crippen molar-refractivity contribution in [2.45, 2.75) is 13.0 Å². The van der Waals surface area contributed by atoms with Crippen molar-refractivity contribution in [1.82, 2.24) is 10.7 Å². The fourth-order valence-electron chi connectivity index (χ4n) is 2.38. The summed E-state index contributed by atoms with van der Waals surface area (Å²) in [6.07, 6.45) is 0. The number of anilines is 1. The van der Waals surface area contributed by atoms with Gasteiger partial charge in [-0.05, 0) is 31.2 Å². The van der Waals surface area contributed by atoms with Crippen LogP contribution < -0.4 is 15.8 Å². The van der Waals surface area contributed by atoms with Crippen LogP contribution in [-0.2, 0) is 9.59 Å². The van der Waals surface area contributed by atoms with Crippen molar-refractivity contribution in [3.63, 3.8) is 0 Å². The number of hydrazine groups is 1. The van der Waals surface area contributed by atoms with E-state index in [4.69, 9.17) is 0 Å². The summed E-state index contributed by atoms with van der Waals surface area (Å²) in [6, 6.07) is 17.9. The molecule has 0 aliphatic carbocycles. The molecule has 3 rings (SSSR count). The molecule has 1 heterocycles. The molecule has 26 heavy (non-hydrogen) atoms. The summed E-state index contributed by atoms with van der Waals surface area (Å²) in [6.45, 7) is 1.84. The molecule has 130 valence electrons. The topological polar surface area (TPSA) is 73.8 Å². The third kappa shape index (κ3) is 4.08. The monoisotopic (exact) mass is 346 g/mol. The maximum absolute atomic E-state index is 12.3. The molecule has 6 nitrogen and oxygen atoms in total. The number of carbonyl (C=O) groups excluding carboxylic acids is 2. The van der Waals surface area contributed by atoms with Gasteiger partial charge in [0.15, 0.2) is 0 Å². The van der Waals surface area contributed by atoms with Gasteiger partial charge in [0, 0.05) is 5.56 Å². The average molecular weight is 346 g/mol. The second-order valence-corrected chi connectivity index (χ2v) is 5.63. The van der Waals surface area contributed by atoms with E-state index in [0.29, 0.717) is 5.69 Å². The number of hydrogen-bond donors (Lipinski definition) is 2. The van der Waals surface area contributed by atoms with E-state index in [0.717, 1.165) is 5.56 Å². The molecule has 0 bridgehead atoms. The lowest BCUT2D eigenvalue weighted by Crippen LogP contribution is -2.58. The summed E-state index contributed by atoms with van der Waals surface area (Å²) in [5, 5.41) is 4.02. The van der Waals surface area contributed by atoms with Gasteiger partial charge in [-0.15, -0.1) is 0 Å². The molecule has 0 spiro atoms. The third-order valence-electron chi connectivity index (χ3n) is 3.69. The summed E-state index contributed by atoms with van der Waals surface area (Å²) in [7, 11) is 0. The molecule has 0 aromatic heterocycles. The molecule has 0 saturated heterocycles. The van der Waals surface area contributed by atoms with Crippen LogP contribution >= 0.6 is 0 Å². The van der Waals surface area contributed by atoms with Crippen LogP contribution in [0.25, 0.3) is 0 Å². The Bertz CT molecular complexity index is 882. The Kier molecular flexibility index (Phi) is 5.30. The van der Waals surface area contributed by atoms with Crippen molar-refractivity contribution < 1.29 is 9.59 Å². The molecule has 1 aliphatic heterocycles. The molecule has 6 heteroatoms. The van der Waals surface area contributed by atoms with Gasteiger partial charge in [-0.1, -0.05) is 48.2 Å². The van der Waals surface area contributed by atoms with Gasteiger partial charge in [-0.3, -0.25) is 15.0 Å². The van der Waals surface area contributed by atoms with E-state index in [2.05, 4.69) is 27.6 Å². The number of para-hydroxylation sites is 1. The van der Waals surface area contributed by atoms with Crippen LogP contribution in [0.15, 0.2) is 65.7 Å². The van der Waals surface area contributed by atoms with E-state index in [1.807, 2.05) is 48.5 Å². The second kappa shape index (κ2) is 7.99. The minimum absolute atomic E-state index is 0.0856. The molecule has 1 atom stereocenters. The number of carbonyl (C=O) groups is 2. The van der Waals surface area contributed by atoms with Crippen LogP contribution in [0.2, 0.25) is 0 Å². The van der Waals surface area contributed by atoms with Crippen LogP contribution in [-0.4, -0.2) is 30.2 Å². The quantitative estimate of drug-likeness (QED) is 0.827. The molecule has 0 radical (unpaired) electrons. The van der Waals surface area contributed by atoms with E-state index in [1.165, 1.54) is 5.01 Å². The van der Waals surface area contributed by atoms with E-state index >= 15 is 0 Å². The average Bonchev–Trinajstić information content (AvgIpc) is 2.68. The number of amides is 2. The van der Waals surface area contributed by atoms with Crippen molar-refractivity contribution in [1.29, 1.82) is 0 Å². The van der Waals surface area contributed by atoms with Crippen molar-refractivity contribution >= 4 is 23.3 Å². The highest BCUT2D eigenvalue weighted by molar-refractivity contribution is 6.39. The lowest BCUT2D eigenvalue weighted by atomic mass is 10.2. The molecule has 2 aromatic carbocycles. The van der Waals surface area contributed by atoms with E-state index in [-0.39, 0.29) is 18.3 Å². The zero-order valence-corrected chi connectivity index (χ0v) is 14.3. The van der Waals surface area contributed by atoms with E-state index < -0.39 is 11.9 Å². The van der Waals surface area contributed by atoms with E-state index in [9.17, 15) is 9.59 Å². The molecule has 0 saturated carbocycles. The van der Waals surface area contributed by atoms with Crippen molar-refractivity contribution in [3.8, 4) is 11.8 Å². The number of amidine groups is 1. The van der Waals surface area contributed by atoms with Gasteiger partial charge < -0.3 is 5.32 Å². The lowest BCUT2D eigenvalue weighted by Gasteiger charge is -2.30. The fourth-order valence-corrected chi connectivity index (χ4v) is 2.38. The van der Waals surface area contributed by atoms with Crippen molar-refractivity contribution in [2.75, 3.05) is 11.6 Å². The predicted molar refractivity (Wildman–Crippen MR) is 100 cm³/mol. The molecule has 2 aromatic rings. The Morgan fingerprint density at radius 2 is 1.81 bits per heavy atom. The highest BCUT2D eigenvalue weighted by atomic mass is 16.2. The van der Waals surface area contributed by atoms with Crippen LogP contribution in [0.4, 0.5) is 5.69 Å². The number of aliphatic imine (C=N–C) groups is 1. The Balaban J connectivity index is 1.64. The number of rotatable bonds is 3. The molecule has 0 fully saturated rings. The summed E-state index contributed by atoms with van der Waals surface area (Å²) < 4.78 is 0. The predicted octanol–water partition coefficient (Wildman–Crippen LogP) is 1.49. The SMILES string of the molecule is C[C@@H]1N=C(C(=O)NCC#Cc2ccccc2)NN(c2ccccc2)C1=O. The largest absolute Gasteiger partial charge is 0.338 e. The first kappa shape index (κ1) is 17.2. The minimum atomic E-state index is -0.646. The maximum atomic E-state index is 12.3. The number of hydrogen-bond acceptors (Lipinski definition) is 4. The number of nitrogens with one attached hydrogen (secondary N) is 2. The Morgan fingerprint density at radius 1 is 1.15 bits per heavy atom. The van der Waals surface area contributed by atoms with Gasteiger partial charge in [-0.25, -0.2) is 10.0 Å². The van der Waals surface area contributed by atoms with Crippen molar-refractivity contribution in [3.05, 3.63) is 66.2 Å². The number of nitrogens with zero attached hydrogens (tertiary/aromatic N) is 2. The summed E-state index contributed by atoms with van der Waals surface area (Å²) in [4.78, 5) is 28.8. The summed E-state index contributed by atoms with van der Waals surface area (Å²) in [5.41, 5.74) is 4.31. The Morgan fingerprint density at radius 3 is 2.50 bits per heavy atom. The summed E-state index contributed by atoms with van der Waals surface area (Å²) >= 11 is 0. The smallest absolute Gasteiger partial charge is 0.288 e. The molecule has 2 amide bonds. The molecular formula is C20H18N4O2. The first-order chi connectivity index (χ1) is 12.6. The van der Waals surface area contributed by atoms with Gasteiger partial charge in [0.1, 0.15) is 6.04 Å². The first-order valence-corrected chi connectivity index (χ1v) is 8.21. The Hall–Kier alpha value is -3.59. The second-order valence-electron chi connectivity index (χ2n) is 5.63. The van der Waals surface area contributed by atoms with Crippen LogP contribution in [0, 0.1) is 11.8 Å². The van der Waals surface area contributed by atoms with Crippen LogP contribution in [0.1, 0.15) is 12.5 Å². The third-order valence-corrected chi connectivity index (χ3v) is 3.69.